The van der Waals surface area contributed by atoms with Gasteiger partial charge in [0.05, 0.1) is 13.1 Å². The zero-order valence-corrected chi connectivity index (χ0v) is 13.7. The molecular formula is C16H21ClN6. The molecule has 0 radical (unpaired) electrons. The van der Waals surface area contributed by atoms with Crippen molar-refractivity contribution in [1.82, 2.24) is 14.7 Å². The zero-order chi connectivity index (χ0) is 16.1. The average molecular weight is 333 g/mol. The summed E-state index contributed by atoms with van der Waals surface area (Å²) in [6, 6.07) is 9.87. The SMILES string of the molecule is NC(=NCCn1cccn1)N1CCN(c2ccc(Cl)cc2)CC1. The molecule has 0 bridgehead atoms. The second-order valence-electron chi connectivity index (χ2n) is 5.46. The van der Waals surface area contributed by atoms with E-state index >= 15 is 0 Å². The lowest BCUT2D eigenvalue weighted by molar-refractivity contribution is 0.380. The van der Waals surface area contributed by atoms with Crippen molar-refractivity contribution in [1.29, 1.82) is 0 Å². The molecule has 23 heavy (non-hydrogen) atoms. The fourth-order valence-corrected chi connectivity index (χ4v) is 2.77. The zero-order valence-electron chi connectivity index (χ0n) is 13.0. The minimum atomic E-state index is 0.618. The predicted molar refractivity (Wildman–Crippen MR) is 94.0 cm³/mol. The Balaban J connectivity index is 1.48. The van der Waals surface area contributed by atoms with E-state index in [4.69, 9.17) is 17.3 Å². The first-order valence-electron chi connectivity index (χ1n) is 7.75. The molecule has 0 spiro atoms. The van der Waals surface area contributed by atoms with Crippen LogP contribution in [0.25, 0.3) is 0 Å². The molecule has 3 rings (SSSR count). The first-order chi connectivity index (χ1) is 11.2. The number of guanidine groups is 1. The third kappa shape index (κ3) is 4.16. The van der Waals surface area contributed by atoms with Crippen LogP contribution in [0, 0.1) is 0 Å². The number of hydrogen-bond acceptors (Lipinski definition) is 3. The lowest BCUT2D eigenvalue weighted by Crippen LogP contribution is -2.51. The molecule has 7 heteroatoms. The average Bonchev–Trinajstić information content (AvgIpc) is 3.09. The quantitative estimate of drug-likeness (QED) is 0.683. The van der Waals surface area contributed by atoms with E-state index in [-0.39, 0.29) is 0 Å². The Hall–Kier alpha value is -2.21. The predicted octanol–water partition coefficient (Wildman–Crippen LogP) is 1.67. The molecule has 2 heterocycles. The summed E-state index contributed by atoms with van der Waals surface area (Å²) in [5.74, 6) is 0.618. The molecule has 2 aromatic rings. The fourth-order valence-electron chi connectivity index (χ4n) is 2.65. The molecule has 0 aliphatic carbocycles. The van der Waals surface area contributed by atoms with Crippen molar-refractivity contribution in [3.63, 3.8) is 0 Å². The number of aliphatic imine (C=N–C) groups is 1. The first kappa shape index (κ1) is 15.7. The van der Waals surface area contributed by atoms with E-state index in [1.807, 2.05) is 29.1 Å². The summed E-state index contributed by atoms with van der Waals surface area (Å²) in [7, 11) is 0. The Morgan fingerprint density at radius 2 is 1.91 bits per heavy atom. The second kappa shape index (κ2) is 7.37. The molecule has 0 saturated carbocycles. The van der Waals surface area contributed by atoms with Crippen LogP contribution in [0.3, 0.4) is 0 Å². The normalized spacial score (nSPS) is 16.0. The highest BCUT2D eigenvalue weighted by molar-refractivity contribution is 6.30. The summed E-state index contributed by atoms with van der Waals surface area (Å²) >= 11 is 5.94. The summed E-state index contributed by atoms with van der Waals surface area (Å²) in [6.45, 7) is 5.00. The Labute approximate surface area is 141 Å². The Morgan fingerprint density at radius 1 is 1.17 bits per heavy atom. The molecule has 0 unspecified atom stereocenters. The van der Waals surface area contributed by atoms with Gasteiger partial charge in [-0.05, 0) is 30.3 Å². The smallest absolute Gasteiger partial charge is 0.191 e. The van der Waals surface area contributed by atoms with E-state index in [0.717, 1.165) is 37.7 Å². The van der Waals surface area contributed by atoms with E-state index in [1.165, 1.54) is 5.69 Å². The molecule has 1 aliphatic heterocycles. The highest BCUT2D eigenvalue weighted by atomic mass is 35.5. The Morgan fingerprint density at radius 3 is 2.57 bits per heavy atom. The summed E-state index contributed by atoms with van der Waals surface area (Å²) in [6.07, 6.45) is 3.69. The molecule has 1 aromatic heterocycles. The van der Waals surface area contributed by atoms with E-state index in [1.54, 1.807) is 6.20 Å². The third-order valence-corrected chi connectivity index (χ3v) is 4.21. The van der Waals surface area contributed by atoms with Gasteiger partial charge in [-0.15, -0.1) is 0 Å². The summed E-state index contributed by atoms with van der Waals surface area (Å²) in [4.78, 5) is 8.93. The van der Waals surface area contributed by atoms with Crippen LogP contribution >= 0.6 is 11.6 Å². The van der Waals surface area contributed by atoms with E-state index in [0.29, 0.717) is 12.5 Å². The molecule has 0 amide bonds. The van der Waals surface area contributed by atoms with E-state index in [9.17, 15) is 0 Å². The third-order valence-electron chi connectivity index (χ3n) is 3.96. The van der Waals surface area contributed by atoms with E-state index < -0.39 is 0 Å². The maximum absolute atomic E-state index is 6.10. The van der Waals surface area contributed by atoms with Gasteiger partial charge in [-0.1, -0.05) is 11.6 Å². The summed E-state index contributed by atoms with van der Waals surface area (Å²) < 4.78 is 1.86. The molecule has 2 N–H and O–H groups in total. The van der Waals surface area contributed by atoms with Crippen molar-refractivity contribution in [2.45, 2.75) is 6.54 Å². The van der Waals surface area contributed by atoms with Gasteiger partial charge in [-0.2, -0.15) is 5.10 Å². The number of halogens is 1. The van der Waals surface area contributed by atoms with Gasteiger partial charge in [0, 0.05) is 49.3 Å². The van der Waals surface area contributed by atoms with Crippen LogP contribution < -0.4 is 10.6 Å². The fraction of sp³-hybridized carbons (Fsp3) is 0.375. The second-order valence-corrected chi connectivity index (χ2v) is 5.90. The molecular weight excluding hydrogens is 312 g/mol. The summed E-state index contributed by atoms with van der Waals surface area (Å²) in [5.41, 5.74) is 7.30. The van der Waals surface area contributed by atoms with Gasteiger partial charge in [-0.25, -0.2) is 0 Å². The van der Waals surface area contributed by atoms with Crippen LogP contribution in [-0.4, -0.2) is 53.4 Å². The highest BCUT2D eigenvalue weighted by Gasteiger charge is 2.18. The lowest BCUT2D eigenvalue weighted by Gasteiger charge is -2.36. The van der Waals surface area contributed by atoms with Gasteiger partial charge in [-0.3, -0.25) is 9.67 Å². The van der Waals surface area contributed by atoms with Gasteiger partial charge >= 0.3 is 0 Å². The van der Waals surface area contributed by atoms with Crippen LogP contribution in [0.1, 0.15) is 0 Å². The number of hydrogen-bond donors (Lipinski definition) is 1. The maximum atomic E-state index is 6.10. The molecule has 1 aliphatic rings. The first-order valence-corrected chi connectivity index (χ1v) is 8.13. The standard InChI is InChI=1S/C16H21ClN6/c17-14-2-4-15(5-3-14)21-10-12-22(13-11-21)16(18)19-7-9-23-8-1-6-20-23/h1-6,8H,7,9-13H2,(H2,18,19). The van der Waals surface area contributed by atoms with Crippen molar-refractivity contribution in [2.24, 2.45) is 10.7 Å². The minimum Gasteiger partial charge on any atom is -0.370 e. The van der Waals surface area contributed by atoms with Crippen LogP contribution in [0.5, 0.6) is 0 Å². The van der Waals surface area contributed by atoms with Gasteiger partial charge < -0.3 is 15.5 Å². The molecule has 1 fully saturated rings. The van der Waals surface area contributed by atoms with Crippen LogP contribution in [0.15, 0.2) is 47.7 Å². The number of piperazine rings is 1. The topological polar surface area (TPSA) is 62.7 Å². The monoisotopic (exact) mass is 332 g/mol. The molecule has 0 atom stereocenters. The van der Waals surface area contributed by atoms with Crippen molar-refractivity contribution in [2.75, 3.05) is 37.6 Å². The molecule has 122 valence electrons. The van der Waals surface area contributed by atoms with Gasteiger partial charge in [0.2, 0.25) is 0 Å². The Kier molecular flexibility index (Phi) is 5.02. The number of anilines is 1. The maximum Gasteiger partial charge on any atom is 0.191 e. The Bertz CT molecular complexity index is 629. The number of nitrogens with zero attached hydrogens (tertiary/aromatic N) is 5. The lowest BCUT2D eigenvalue weighted by atomic mass is 10.2. The minimum absolute atomic E-state index is 0.618. The number of rotatable bonds is 4. The van der Waals surface area contributed by atoms with E-state index in [2.05, 4.69) is 32.0 Å². The number of benzene rings is 1. The van der Waals surface area contributed by atoms with Crippen molar-refractivity contribution >= 4 is 23.2 Å². The molecule has 6 nitrogen and oxygen atoms in total. The van der Waals surface area contributed by atoms with Crippen molar-refractivity contribution in [3.05, 3.63) is 47.7 Å². The van der Waals surface area contributed by atoms with Crippen LogP contribution in [0.2, 0.25) is 5.02 Å². The largest absolute Gasteiger partial charge is 0.370 e. The van der Waals surface area contributed by atoms with Gasteiger partial charge in [0.1, 0.15) is 0 Å². The van der Waals surface area contributed by atoms with Crippen molar-refractivity contribution in [3.8, 4) is 0 Å². The van der Waals surface area contributed by atoms with Crippen LogP contribution in [-0.2, 0) is 6.54 Å². The summed E-state index contributed by atoms with van der Waals surface area (Å²) in [5, 5.41) is 4.92. The highest BCUT2D eigenvalue weighted by Crippen LogP contribution is 2.19. The number of aromatic nitrogens is 2. The molecule has 1 aromatic carbocycles. The number of nitrogens with two attached hydrogens (primary N) is 1. The van der Waals surface area contributed by atoms with Gasteiger partial charge in [0.25, 0.3) is 0 Å². The van der Waals surface area contributed by atoms with Crippen LogP contribution in [0.4, 0.5) is 5.69 Å². The molecule has 1 saturated heterocycles. The van der Waals surface area contributed by atoms with Gasteiger partial charge in [0.15, 0.2) is 5.96 Å². The van der Waals surface area contributed by atoms with Crippen molar-refractivity contribution < 1.29 is 0 Å².